The lowest BCUT2D eigenvalue weighted by molar-refractivity contribution is -0.384. The third kappa shape index (κ3) is 7.24. The number of β-amino-alcohol motifs (C(OH)–C–C–N with tert-alkyl or cyclic N) is 1. The van der Waals surface area contributed by atoms with Gasteiger partial charge in [-0.2, -0.15) is 17.0 Å². The molecule has 0 aliphatic carbocycles. The molecule has 1 aromatic carbocycles. The molecule has 0 radical (unpaired) electrons. The van der Waals surface area contributed by atoms with E-state index in [2.05, 4.69) is 5.32 Å². The monoisotopic (exact) mass is 422 g/mol. The molecule has 1 fully saturated rings. The predicted molar refractivity (Wildman–Crippen MR) is 105 cm³/mol. The van der Waals surface area contributed by atoms with Gasteiger partial charge in [-0.05, 0) is 24.1 Å². The molecule has 0 bridgehead atoms. The lowest BCUT2D eigenvalue weighted by Gasteiger charge is -2.23. The highest BCUT2D eigenvalue weighted by molar-refractivity contribution is 7.99. The Morgan fingerprint density at radius 1 is 1.41 bits per heavy atom. The number of aliphatic hydroxyl groups is 1. The van der Waals surface area contributed by atoms with Crippen molar-refractivity contribution < 1.29 is 24.4 Å². The number of nitro benzene ring substituents is 1. The van der Waals surface area contributed by atoms with Crippen LogP contribution in [0.2, 0.25) is 0 Å². The van der Waals surface area contributed by atoms with Crippen molar-refractivity contribution in [1.82, 2.24) is 10.2 Å². The lowest BCUT2D eigenvalue weighted by atomic mass is 10.2. The minimum absolute atomic E-state index is 0.0211. The fraction of sp³-hybridized carbons (Fsp3) is 0.500. The number of thioether (sulfide) groups is 1. The Morgan fingerprint density at radius 2 is 2.14 bits per heavy atom. The average Bonchev–Trinajstić information content (AvgIpc) is 3.08. The van der Waals surface area contributed by atoms with Crippen LogP contribution < -0.4 is 5.32 Å². The lowest BCUT2D eigenvalue weighted by Crippen LogP contribution is -2.37. The summed E-state index contributed by atoms with van der Waals surface area (Å²) in [4.78, 5) is 35.5. The number of non-ortho nitro benzene ring substituents is 1. The highest BCUT2D eigenvalue weighted by Gasteiger charge is 2.35. The van der Waals surface area contributed by atoms with Gasteiger partial charge in [0.1, 0.15) is 13.2 Å². The Kier molecular flexibility index (Phi) is 8.69. The minimum Gasteiger partial charge on any atom is -0.445 e. The number of nitro groups is 1. The van der Waals surface area contributed by atoms with Gasteiger partial charge >= 0.3 is 6.09 Å². The van der Waals surface area contributed by atoms with Crippen molar-refractivity contribution in [2.75, 3.05) is 24.6 Å². The molecule has 11 heteroatoms. The maximum Gasteiger partial charge on any atom is 0.410 e. The van der Waals surface area contributed by atoms with Crippen molar-refractivity contribution in [3.05, 3.63) is 39.9 Å². The SMILES string of the molecule is N#CCNC(=O)CCSCC1CC(O)CN1C(=O)OCc1ccc([N+](=O)[O-])cc1. The molecule has 2 atom stereocenters. The summed E-state index contributed by atoms with van der Waals surface area (Å²) in [6.07, 6.45) is -0.490. The molecule has 0 saturated carbocycles. The number of nitriles is 1. The summed E-state index contributed by atoms with van der Waals surface area (Å²) in [6, 6.07) is 7.36. The largest absolute Gasteiger partial charge is 0.445 e. The molecule has 1 aliphatic heterocycles. The Bertz CT molecular complexity index is 767. The smallest absolute Gasteiger partial charge is 0.410 e. The number of benzene rings is 1. The number of hydrogen-bond donors (Lipinski definition) is 2. The van der Waals surface area contributed by atoms with Crippen LogP contribution in [0, 0.1) is 21.4 Å². The van der Waals surface area contributed by atoms with Crippen molar-refractivity contribution in [1.29, 1.82) is 5.26 Å². The molecule has 1 aromatic rings. The van der Waals surface area contributed by atoms with Crippen molar-refractivity contribution in [2.24, 2.45) is 0 Å². The van der Waals surface area contributed by atoms with E-state index in [4.69, 9.17) is 10.00 Å². The molecule has 2 N–H and O–H groups in total. The molecule has 156 valence electrons. The molecule has 1 aliphatic rings. The topological polar surface area (TPSA) is 146 Å². The van der Waals surface area contributed by atoms with E-state index in [1.165, 1.54) is 40.9 Å². The normalized spacial score (nSPS) is 18.1. The van der Waals surface area contributed by atoms with Gasteiger partial charge in [-0.25, -0.2) is 4.79 Å². The molecule has 29 heavy (non-hydrogen) atoms. The number of nitrogens with zero attached hydrogens (tertiary/aromatic N) is 3. The van der Waals surface area contributed by atoms with Crippen LogP contribution in [0.1, 0.15) is 18.4 Å². The van der Waals surface area contributed by atoms with E-state index >= 15 is 0 Å². The number of hydrogen-bond acceptors (Lipinski definition) is 8. The molecular formula is C18H22N4O6S. The number of amides is 2. The molecular weight excluding hydrogens is 400 g/mol. The van der Waals surface area contributed by atoms with Crippen LogP contribution in [-0.2, 0) is 16.1 Å². The van der Waals surface area contributed by atoms with Crippen LogP contribution in [0.25, 0.3) is 0 Å². The van der Waals surface area contributed by atoms with Gasteiger partial charge in [0, 0.05) is 36.1 Å². The van der Waals surface area contributed by atoms with Gasteiger partial charge in [0.25, 0.3) is 5.69 Å². The van der Waals surface area contributed by atoms with Crippen molar-refractivity contribution >= 4 is 29.4 Å². The highest BCUT2D eigenvalue weighted by Crippen LogP contribution is 2.23. The van der Waals surface area contributed by atoms with E-state index in [1.54, 1.807) is 0 Å². The summed E-state index contributed by atoms with van der Waals surface area (Å²) in [6.45, 7) is 0.127. The van der Waals surface area contributed by atoms with Crippen molar-refractivity contribution in [3.8, 4) is 6.07 Å². The van der Waals surface area contributed by atoms with E-state index in [1.807, 2.05) is 6.07 Å². The van der Waals surface area contributed by atoms with Crippen LogP contribution >= 0.6 is 11.8 Å². The summed E-state index contributed by atoms with van der Waals surface area (Å²) in [5.41, 5.74) is 0.583. The second-order valence-corrected chi connectivity index (χ2v) is 7.58. The third-order valence-electron chi connectivity index (χ3n) is 4.28. The molecule has 1 saturated heterocycles. The zero-order valence-electron chi connectivity index (χ0n) is 15.7. The molecule has 2 rings (SSSR count). The molecule has 2 unspecified atom stereocenters. The van der Waals surface area contributed by atoms with Gasteiger partial charge in [0.2, 0.25) is 5.91 Å². The molecule has 0 spiro atoms. The summed E-state index contributed by atoms with van der Waals surface area (Å²) < 4.78 is 5.28. The van der Waals surface area contributed by atoms with Crippen LogP contribution in [0.3, 0.4) is 0 Å². The number of aliphatic hydroxyl groups excluding tert-OH is 1. The molecule has 0 aromatic heterocycles. The minimum atomic E-state index is -0.633. The predicted octanol–water partition coefficient (Wildman–Crippen LogP) is 1.43. The maximum absolute atomic E-state index is 12.4. The first-order valence-electron chi connectivity index (χ1n) is 8.97. The Hall–Kier alpha value is -2.84. The summed E-state index contributed by atoms with van der Waals surface area (Å²) in [5, 5.41) is 31.5. The zero-order chi connectivity index (χ0) is 21.2. The van der Waals surface area contributed by atoms with Crippen LogP contribution in [0.5, 0.6) is 0 Å². The van der Waals surface area contributed by atoms with Crippen LogP contribution in [0.4, 0.5) is 10.5 Å². The van der Waals surface area contributed by atoms with Gasteiger partial charge in [-0.3, -0.25) is 14.9 Å². The van der Waals surface area contributed by atoms with E-state index in [9.17, 15) is 24.8 Å². The first-order valence-corrected chi connectivity index (χ1v) is 10.1. The second-order valence-electron chi connectivity index (χ2n) is 6.43. The fourth-order valence-electron chi connectivity index (χ4n) is 2.83. The van der Waals surface area contributed by atoms with Gasteiger partial charge < -0.3 is 20.1 Å². The highest BCUT2D eigenvalue weighted by atomic mass is 32.2. The number of ether oxygens (including phenoxy) is 1. The third-order valence-corrected chi connectivity index (χ3v) is 5.40. The van der Waals surface area contributed by atoms with E-state index < -0.39 is 17.1 Å². The first kappa shape index (κ1) is 22.4. The quantitative estimate of drug-likeness (QED) is 0.263. The van der Waals surface area contributed by atoms with Gasteiger partial charge in [0.15, 0.2) is 0 Å². The van der Waals surface area contributed by atoms with E-state index in [0.29, 0.717) is 23.5 Å². The summed E-state index contributed by atoms with van der Waals surface area (Å²) in [7, 11) is 0. The number of likely N-dealkylation sites (tertiary alicyclic amines) is 1. The Balaban J connectivity index is 1.77. The van der Waals surface area contributed by atoms with Gasteiger partial charge in [-0.1, -0.05) is 0 Å². The number of rotatable bonds is 9. The Morgan fingerprint density at radius 3 is 2.79 bits per heavy atom. The summed E-state index contributed by atoms with van der Waals surface area (Å²) >= 11 is 1.49. The standard InChI is InChI=1S/C18H22N4O6S/c19-6-7-20-17(24)5-8-29-12-15-9-16(23)10-21(15)18(25)28-11-13-1-3-14(4-2-13)22(26)27/h1-4,15-16,23H,5,7-12H2,(H,20,24). The molecule has 2 amide bonds. The zero-order valence-corrected chi connectivity index (χ0v) is 16.5. The molecule has 10 nitrogen and oxygen atoms in total. The number of carbonyl (C=O) groups excluding carboxylic acids is 2. The van der Waals surface area contributed by atoms with Crippen LogP contribution in [-0.4, -0.2) is 63.7 Å². The molecule has 1 heterocycles. The Labute approximate surface area is 172 Å². The first-order chi connectivity index (χ1) is 13.9. The number of nitrogens with one attached hydrogen (secondary N) is 1. The van der Waals surface area contributed by atoms with E-state index in [0.717, 1.165) is 0 Å². The van der Waals surface area contributed by atoms with Gasteiger partial charge in [-0.15, -0.1) is 0 Å². The number of carbonyl (C=O) groups is 2. The van der Waals surface area contributed by atoms with Crippen LogP contribution in [0.15, 0.2) is 24.3 Å². The summed E-state index contributed by atoms with van der Waals surface area (Å²) in [5.74, 6) is 0.884. The fourth-order valence-corrected chi connectivity index (χ4v) is 3.91. The van der Waals surface area contributed by atoms with Gasteiger partial charge in [0.05, 0.1) is 23.6 Å². The average molecular weight is 422 g/mol. The van der Waals surface area contributed by atoms with Crippen molar-refractivity contribution in [2.45, 2.75) is 31.6 Å². The second kappa shape index (κ2) is 11.2. The van der Waals surface area contributed by atoms with E-state index in [-0.39, 0.29) is 43.8 Å². The maximum atomic E-state index is 12.4. The van der Waals surface area contributed by atoms with Crippen molar-refractivity contribution in [3.63, 3.8) is 0 Å².